The molecule has 3 aromatic rings. The van der Waals surface area contributed by atoms with E-state index in [2.05, 4.69) is 10.2 Å². The molecule has 0 bridgehead atoms. The Morgan fingerprint density at radius 3 is 1.78 bits per heavy atom. The van der Waals surface area contributed by atoms with Gasteiger partial charge in [-0.25, -0.2) is 4.39 Å². The third-order valence-electron chi connectivity index (χ3n) is 9.69. The Morgan fingerprint density at radius 1 is 0.756 bits per heavy atom. The molecule has 1 saturated carbocycles. The molecule has 10 heteroatoms. The fourth-order valence-electron chi connectivity index (χ4n) is 6.99. The van der Waals surface area contributed by atoms with E-state index in [-0.39, 0.29) is 23.5 Å². The number of rotatable bonds is 6. The average Bonchev–Trinajstić information content (AvgIpc) is 3.01. The van der Waals surface area contributed by atoms with Gasteiger partial charge in [-0.2, -0.15) is 26.3 Å². The molecule has 1 saturated heterocycles. The fourth-order valence-corrected chi connectivity index (χ4v) is 6.99. The maximum atomic E-state index is 14.2. The minimum absolute atomic E-state index is 0.0939. The summed E-state index contributed by atoms with van der Waals surface area (Å²) in [6.07, 6.45) is -5.71. The molecule has 0 spiro atoms. The molecule has 2 aliphatic rings. The molecular formula is C35H37F7N2O. The lowest BCUT2D eigenvalue weighted by Crippen LogP contribution is -2.54. The van der Waals surface area contributed by atoms with Crippen LogP contribution in [0.5, 0.6) is 0 Å². The predicted octanol–water partition coefficient (Wildman–Crippen LogP) is 8.97. The maximum absolute atomic E-state index is 14.2. The van der Waals surface area contributed by atoms with Gasteiger partial charge in [-0.15, -0.1) is 0 Å². The molecule has 0 unspecified atom stereocenters. The molecule has 3 aromatic carbocycles. The van der Waals surface area contributed by atoms with Crippen molar-refractivity contribution in [1.29, 1.82) is 0 Å². The Kier molecular flexibility index (Phi) is 9.10. The van der Waals surface area contributed by atoms with Crippen LogP contribution in [0.15, 0.2) is 72.8 Å². The molecule has 45 heavy (non-hydrogen) atoms. The highest BCUT2D eigenvalue weighted by molar-refractivity contribution is 5.89. The van der Waals surface area contributed by atoms with E-state index in [9.17, 15) is 35.5 Å². The molecule has 242 valence electrons. The summed E-state index contributed by atoms with van der Waals surface area (Å²) < 4.78 is 95.0. The van der Waals surface area contributed by atoms with Gasteiger partial charge >= 0.3 is 12.4 Å². The predicted molar refractivity (Wildman–Crippen MR) is 158 cm³/mol. The third kappa shape index (κ3) is 7.21. The van der Waals surface area contributed by atoms with Gasteiger partial charge < -0.3 is 10.2 Å². The Hall–Kier alpha value is -3.40. The van der Waals surface area contributed by atoms with E-state index in [4.69, 9.17) is 0 Å². The minimum Gasteiger partial charge on any atom is -0.346 e. The van der Waals surface area contributed by atoms with Crippen LogP contribution in [-0.2, 0) is 28.1 Å². The van der Waals surface area contributed by atoms with Crippen molar-refractivity contribution >= 4 is 5.91 Å². The Bertz CT molecular complexity index is 1430. The lowest BCUT2D eigenvalue weighted by atomic mass is 9.66. The van der Waals surface area contributed by atoms with Crippen molar-refractivity contribution in [1.82, 2.24) is 10.2 Å². The highest BCUT2D eigenvalue weighted by Gasteiger charge is 2.46. The number of piperidine rings is 1. The summed E-state index contributed by atoms with van der Waals surface area (Å²) in [5.74, 6) is -0.317. The Balaban J connectivity index is 1.34. The van der Waals surface area contributed by atoms with E-state index in [0.717, 1.165) is 37.1 Å². The van der Waals surface area contributed by atoms with Crippen LogP contribution in [-0.4, -0.2) is 29.9 Å². The van der Waals surface area contributed by atoms with Gasteiger partial charge in [0.15, 0.2) is 0 Å². The van der Waals surface area contributed by atoms with Crippen molar-refractivity contribution in [3.8, 4) is 0 Å². The number of benzene rings is 3. The van der Waals surface area contributed by atoms with Crippen molar-refractivity contribution in [3.05, 3.63) is 106 Å². The van der Waals surface area contributed by atoms with E-state index in [1.807, 2.05) is 42.5 Å². The zero-order chi connectivity index (χ0) is 32.6. The van der Waals surface area contributed by atoms with Crippen LogP contribution in [0, 0.1) is 5.82 Å². The van der Waals surface area contributed by atoms with E-state index >= 15 is 0 Å². The van der Waals surface area contributed by atoms with Crippen LogP contribution < -0.4 is 5.32 Å². The Morgan fingerprint density at radius 2 is 1.27 bits per heavy atom. The van der Waals surface area contributed by atoms with Crippen molar-refractivity contribution in [3.63, 3.8) is 0 Å². The van der Waals surface area contributed by atoms with Gasteiger partial charge in [0.25, 0.3) is 0 Å². The standard InChI is InChI=1S/C35H37F7N2O/c1-32(2,26-20-27(34(37,38)39)22-28(21-26)35(40,41)42)43-31(45)33(25-6-4-3-5-7-25)16-12-30(13-17-33)44-18-14-24(15-19-44)23-8-10-29(36)11-9-23/h3-11,20-22,24,30H,12-19H2,1-2H3,(H,43,45). The number of alkyl halides is 6. The first-order valence-corrected chi connectivity index (χ1v) is 15.3. The second kappa shape index (κ2) is 12.4. The number of nitrogens with one attached hydrogen (secondary N) is 1. The number of hydrogen-bond donors (Lipinski definition) is 1. The van der Waals surface area contributed by atoms with Crippen LogP contribution in [0.4, 0.5) is 30.7 Å². The summed E-state index contributed by atoms with van der Waals surface area (Å²) in [6.45, 7) is 4.61. The van der Waals surface area contributed by atoms with E-state index in [0.29, 0.717) is 43.7 Å². The van der Waals surface area contributed by atoms with Crippen LogP contribution in [0.1, 0.15) is 86.1 Å². The van der Waals surface area contributed by atoms with Gasteiger partial charge in [-0.1, -0.05) is 42.5 Å². The maximum Gasteiger partial charge on any atom is 0.416 e. The lowest BCUT2D eigenvalue weighted by Gasteiger charge is -2.46. The van der Waals surface area contributed by atoms with E-state index in [1.54, 1.807) is 0 Å². The Labute approximate surface area is 258 Å². The van der Waals surface area contributed by atoms with Gasteiger partial charge in [0.05, 0.1) is 22.1 Å². The molecule has 3 nitrogen and oxygen atoms in total. The number of carbonyl (C=O) groups is 1. The highest BCUT2D eigenvalue weighted by Crippen LogP contribution is 2.44. The number of carbonyl (C=O) groups excluding carboxylic acids is 1. The van der Waals surface area contributed by atoms with Crippen molar-refractivity contribution in [2.75, 3.05) is 13.1 Å². The smallest absolute Gasteiger partial charge is 0.346 e. The van der Waals surface area contributed by atoms with Crippen molar-refractivity contribution < 1.29 is 35.5 Å². The summed E-state index contributed by atoms with van der Waals surface area (Å²) in [7, 11) is 0. The molecule has 1 aliphatic carbocycles. The minimum atomic E-state index is -4.99. The first kappa shape index (κ1) is 33.0. The molecule has 1 heterocycles. The summed E-state index contributed by atoms with van der Waals surface area (Å²) in [5.41, 5.74) is -3.74. The fraction of sp³-hybridized carbons (Fsp3) is 0.457. The second-order valence-corrected chi connectivity index (χ2v) is 12.9. The molecule has 2 fully saturated rings. The molecule has 1 N–H and O–H groups in total. The van der Waals surface area contributed by atoms with Gasteiger partial charge in [-0.05, 0) is 118 Å². The molecule has 5 rings (SSSR count). The number of hydrogen-bond acceptors (Lipinski definition) is 2. The molecule has 1 amide bonds. The summed E-state index contributed by atoms with van der Waals surface area (Å²) in [4.78, 5) is 16.6. The normalized spacial score (nSPS) is 22.3. The molecule has 0 atom stereocenters. The molecule has 0 radical (unpaired) electrons. The van der Waals surface area contributed by atoms with Crippen LogP contribution in [0.3, 0.4) is 0 Å². The highest BCUT2D eigenvalue weighted by atomic mass is 19.4. The molecule has 0 aromatic heterocycles. The van der Waals surface area contributed by atoms with Gasteiger partial charge in [0.2, 0.25) is 5.91 Å². The van der Waals surface area contributed by atoms with Gasteiger partial charge in [0.1, 0.15) is 5.82 Å². The zero-order valence-corrected chi connectivity index (χ0v) is 25.2. The summed E-state index contributed by atoms with van der Waals surface area (Å²) >= 11 is 0. The monoisotopic (exact) mass is 634 g/mol. The summed E-state index contributed by atoms with van der Waals surface area (Å²) in [6, 6.07) is 17.5. The first-order valence-electron chi connectivity index (χ1n) is 15.3. The second-order valence-electron chi connectivity index (χ2n) is 12.9. The molecule has 1 aliphatic heterocycles. The van der Waals surface area contributed by atoms with Gasteiger partial charge in [-0.3, -0.25) is 4.79 Å². The van der Waals surface area contributed by atoms with Crippen molar-refractivity contribution in [2.24, 2.45) is 0 Å². The van der Waals surface area contributed by atoms with Crippen molar-refractivity contribution in [2.45, 2.75) is 87.6 Å². The zero-order valence-electron chi connectivity index (χ0n) is 25.2. The first-order chi connectivity index (χ1) is 21.1. The summed E-state index contributed by atoms with van der Waals surface area (Å²) in [5, 5.41) is 2.85. The van der Waals surface area contributed by atoms with E-state index in [1.165, 1.54) is 26.0 Å². The lowest BCUT2D eigenvalue weighted by molar-refractivity contribution is -0.143. The topological polar surface area (TPSA) is 32.3 Å². The number of amides is 1. The third-order valence-corrected chi connectivity index (χ3v) is 9.69. The van der Waals surface area contributed by atoms with Crippen LogP contribution in [0.25, 0.3) is 0 Å². The van der Waals surface area contributed by atoms with Crippen LogP contribution >= 0.6 is 0 Å². The quantitative estimate of drug-likeness (QED) is 0.275. The SMILES string of the molecule is CC(C)(NC(=O)C1(c2ccccc2)CCC(N2CCC(c3ccc(F)cc3)CC2)CC1)c1cc(C(F)(F)F)cc(C(F)(F)F)c1. The number of nitrogens with zero attached hydrogens (tertiary/aromatic N) is 1. The van der Waals surface area contributed by atoms with E-state index < -0.39 is 40.3 Å². The van der Waals surface area contributed by atoms with Crippen LogP contribution in [0.2, 0.25) is 0 Å². The average molecular weight is 635 g/mol. The number of halogens is 7. The van der Waals surface area contributed by atoms with Gasteiger partial charge in [0, 0.05) is 6.04 Å². The number of likely N-dealkylation sites (tertiary alicyclic amines) is 1. The molecular weight excluding hydrogens is 597 g/mol. The largest absolute Gasteiger partial charge is 0.416 e.